The second kappa shape index (κ2) is 5.41. The van der Waals surface area contributed by atoms with Crippen LogP contribution in [0.5, 0.6) is 5.75 Å². The molecule has 3 heteroatoms. The van der Waals surface area contributed by atoms with Crippen molar-refractivity contribution in [3.8, 4) is 5.75 Å². The summed E-state index contributed by atoms with van der Waals surface area (Å²) in [7, 11) is 0. The van der Waals surface area contributed by atoms with Gasteiger partial charge in [-0.2, -0.15) is 0 Å². The van der Waals surface area contributed by atoms with E-state index in [2.05, 4.69) is 25.7 Å². The Morgan fingerprint density at radius 1 is 1.26 bits per heavy atom. The van der Waals surface area contributed by atoms with Crippen LogP contribution >= 0.6 is 0 Å². The Kier molecular flexibility index (Phi) is 4.04. The molecule has 1 heterocycles. The van der Waals surface area contributed by atoms with E-state index >= 15 is 0 Å². The molecule has 106 valence electrons. The van der Waals surface area contributed by atoms with Gasteiger partial charge in [-0.25, -0.2) is 0 Å². The Bertz CT molecular complexity index is 429. The number of aromatic hydroxyl groups is 1. The van der Waals surface area contributed by atoms with Crippen molar-refractivity contribution in [1.82, 2.24) is 4.90 Å². The number of phenolic OH excluding ortho intramolecular Hbond substituents is 1. The summed E-state index contributed by atoms with van der Waals surface area (Å²) in [4.78, 5) is 2.41. The zero-order valence-corrected chi connectivity index (χ0v) is 12.3. The fraction of sp³-hybridized carbons (Fsp3) is 0.625. The van der Waals surface area contributed by atoms with Gasteiger partial charge in [0, 0.05) is 17.8 Å². The number of hydrogen-bond donors (Lipinski definition) is 2. The summed E-state index contributed by atoms with van der Waals surface area (Å²) in [6.07, 6.45) is 2.49. The van der Waals surface area contributed by atoms with Gasteiger partial charge in [-0.15, -0.1) is 0 Å². The van der Waals surface area contributed by atoms with Crippen LogP contribution in [0.15, 0.2) is 18.2 Å². The molecule has 1 aliphatic rings. The van der Waals surface area contributed by atoms with Crippen LogP contribution < -0.4 is 5.73 Å². The van der Waals surface area contributed by atoms with E-state index in [0.717, 1.165) is 36.8 Å². The first-order valence-corrected chi connectivity index (χ1v) is 7.16. The van der Waals surface area contributed by atoms with Crippen LogP contribution in [0.25, 0.3) is 0 Å². The summed E-state index contributed by atoms with van der Waals surface area (Å²) in [5, 5.41) is 9.86. The fourth-order valence-corrected chi connectivity index (χ4v) is 2.93. The van der Waals surface area contributed by atoms with Crippen molar-refractivity contribution in [3.63, 3.8) is 0 Å². The van der Waals surface area contributed by atoms with Gasteiger partial charge < -0.3 is 10.8 Å². The third-order valence-electron chi connectivity index (χ3n) is 4.31. The SMILES string of the molecule is CC(C)(C)C1CCN(Cc2cc(N)ccc2O)CC1. The molecular formula is C16H26N2O. The molecule has 0 unspecified atom stereocenters. The molecular weight excluding hydrogens is 236 g/mol. The van der Waals surface area contributed by atoms with Crippen molar-refractivity contribution in [1.29, 1.82) is 0 Å². The first-order chi connectivity index (χ1) is 8.86. The molecule has 0 bridgehead atoms. The summed E-state index contributed by atoms with van der Waals surface area (Å²) in [6, 6.07) is 5.31. The maximum absolute atomic E-state index is 9.86. The van der Waals surface area contributed by atoms with E-state index in [-0.39, 0.29) is 0 Å². The molecule has 3 N–H and O–H groups in total. The van der Waals surface area contributed by atoms with Crippen molar-refractivity contribution < 1.29 is 5.11 Å². The van der Waals surface area contributed by atoms with Crippen molar-refractivity contribution in [2.75, 3.05) is 18.8 Å². The standard InChI is InChI=1S/C16H26N2O/c1-16(2,3)13-6-8-18(9-7-13)11-12-10-14(17)4-5-15(12)19/h4-5,10,13,19H,6-9,11,17H2,1-3H3. The largest absolute Gasteiger partial charge is 0.508 e. The van der Waals surface area contributed by atoms with Gasteiger partial charge >= 0.3 is 0 Å². The highest BCUT2D eigenvalue weighted by molar-refractivity contribution is 5.47. The van der Waals surface area contributed by atoms with E-state index in [1.165, 1.54) is 12.8 Å². The van der Waals surface area contributed by atoms with Gasteiger partial charge in [0.1, 0.15) is 5.75 Å². The molecule has 0 saturated carbocycles. The topological polar surface area (TPSA) is 49.5 Å². The van der Waals surface area contributed by atoms with E-state index in [9.17, 15) is 5.11 Å². The summed E-state index contributed by atoms with van der Waals surface area (Å²) in [5.41, 5.74) is 7.85. The average Bonchev–Trinajstić information content (AvgIpc) is 2.33. The average molecular weight is 262 g/mol. The monoisotopic (exact) mass is 262 g/mol. The summed E-state index contributed by atoms with van der Waals surface area (Å²) >= 11 is 0. The predicted octanol–water partition coefficient (Wildman–Crippen LogP) is 3.23. The number of nitrogen functional groups attached to an aromatic ring is 1. The first-order valence-electron chi connectivity index (χ1n) is 7.16. The molecule has 1 fully saturated rings. The molecule has 1 saturated heterocycles. The van der Waals surface area contributed by atoms with Gasteiger partial charge in [-0.3, -0.25) is 4.90 Å². The number of anilines is 1. The lowest BCUT2D eigenvalue weighted by atomic mass is 9.75. The Balaban J connectivity index is 1.94. The number of rotatable bonds is 2. The number of nitrogens with zero attached hydrogens (tertiary/aromatic N) is 1. The molecule has 0 amide bonds. The van der Waals surface area contributed by atoms with E-state index in [0.29, 0.717) is 11.2 Å². The Labute approximate surface area is 116 Å². The molecule has 0 radical (unpaired) electrons. The van der Waals surface area contributed by atoms with Crippen LogP contribution in [-0.2, 0) is 6.54 Å². The molecule has 0 spiro atoms. The van der Waals surface area contributed by atoms with Crippen LogP contribution in [0, 0.1) is 11.3 Å². The molecule has 0 aromatic heterocycles. The van der Waals surface area contributed by atoms with Crippen molar-refractivity contribution in [3.05, 3.63) is 23.8 Å². The van der Waals surface area contributed by atoms with E-state index < -0.39 is 0 Å². The van der Waals surface area contributed by atoms with Crippen LogP contribution in [0.2, 0.25) is 0 Å². The van der Waals surface area contributed by atoms with Crippen molar-refractivity contribution in [2.24, 2.45) is 11.3 Å². The van der Waals surface area contributed by atoms with Gasteiger partial charge in [0.15, 0.2) is 0 Å². The van der Waals surface area contributed by atoms with Crippen molar-refractivity contribution in [2.45, 2.75) is 40.2 Å². The molecule has 19 heavy (non-hydrogen) atoms. The van der Waals surface area contributed by atoms with Gasteiger partial charge in [0.2, 0.25) is 0 Å². The second-order valence-corrected chi connectivity index (χ2v) is 6.80. The minimum Gasteiger partial charge on any atom is -0.508 e. The van der Waals surface area contributed by atoms with Crippen LogP contribution in [0.4, 0.5) is 5.69 Å². The minimum atomic E-state index is 0.354. The van der Waals surface area contributed by atoms with Crippen LogP contribution in [0.1, 0.15) is 39.2 Å². The third kappa shape index (κ3) is 3.63. The lowest BCUT2D eigenvalue weighted by Crippen LogP contribution is -2.37. The van der Waals surface area contributed by atoms with Gasteiger partial charge in [0.25, 0.3) is 0 Å². The highest BCUT2D eigenvalue weighted by Crippen LogP contribution is 2.35. The van der Waals surface area contributed by atoms with Crippen LogP contribution in [0.3, 0.4) is 0 Å². The van der Waals surface area contributed by atoms with E-state index in [4.69, 9.17) is 5.73 Å². The summed E-state index contributed by atoms with van der Waals surface area (Å²) < 4.78 is 0. The Morgan fingerprint density at radius 2 is 1.89 bits per heavy atom. The normalized spacial score (nSPS) is 18.7. The summed E-state index contributed by atoms with van der Waals surface area (Å²) in [6.45, 7) is 10.0. The molecule has 1 aromatic rings. The van der Waals surface area contributed by atoms with Crippen molar-refractivity contribution >= 4 is 5.69 Å². The Hall–Kier alpha value is -1.22. The third-order valence-corrected chi connectivity index (χ3v) is 4.31. The highest BCUT2D eigenvalue weighted by atomic mass is 16.3. The minimum absolute atomic E-state index is 0.354. The van der Waals surface area contributed by atoms with E-state index in [1.807, 2.05) is 6.07 Å². The maximum Gasteiger partial charge on any atom is 0.120 e. The second-order valence-electron chi connectivity index (χ2n) is 6.80. The number of phenols is 1. The zero-order valence-electron chi connectivity index (χ0n) is 12.3. The zero-order chi connectivity index (χ0) is 14.0. The lowest BCUT2D eigenvalue weighted by molar-refractivity contribution is 0.107. The number of likely N-dealkylation sites (tertiary alicyclic amines) is 1. The van der Waals surface area contributed by atoms with Gasteiger partial charge in [-0.1, -0.05) is 20.8 Å². The number of nitrogens with two attached hydrogens (primary N) is 1. The predicted molar refractivity (Wildman–Crippen MR) is 80.0 cm³/mol. The summed E-state index contributed by atoms with van der Waals surface area (Å²) in [5.74, 6) is 1.16. The Morgan fingerprint density at radius 3 is 2.47 bits per heavy atom. The quantitative estimate of drug-likeness (QED) is 0.635. The van der Waals surface area contributed by atoms with Crippen LogP contribution in [-0.4, -0.2) is 23.1 Å². The molecule has 3 nitrogen and oxygen atoms in total. The maximum atomic E-state index is 9.86. The smallest absolute Gasteiger partial charge is 0.120 e. The number of piperidine rings is 1. The molecule has 1 aliphatic heterocycles. The molecule has 2 rings (SSSR count). The molecule has 0 atom stereocenters. The first kappa shape index (κ1) is 14.2. The van der Waals surface area contributed by atoms with E-state index in [1.54, 1.807) is 12.1 Å². The molecule has 1 aromatic carbocycles. The van der Waals surface area contributed by atoms with Gasteiger partial charge in [-0.05, 0) is 55.5 Å². The highest BCUT2D eigenvalue weighted by Gasteiger charge is 2.28. The number of benzene rings is 1. The lowest BCUT2D eigenvalue weighted by Gasteiger charge is -2.38. The fourth-order valence-electron chi connectivity index (χ4n) is 2.93. The number of hydrogen-bond acceptors (Lipinski definition) is 3. The van der Waals surface area contributed by atoms with Gasteiger partial charge in [0.05, 0.1) is 0 Å². The molecule has 0 aliphatic carbocycles.